The lowest BCUT2D eigenvalue weighted by molar-refractivity contribution is -0.141. The van der Waals surface area contributed by atoms with Crippen LogP contribution in [0.15, 0.2) is 18.7 Å². The number of aliphatic carboxylic acids is 1. The summed E-state index contributed by atoms with van der Waals surface area (Å²) in [5, 5.41) is 11.2. The van der Waals surface area contributed by atoms with Gasteiger partial charge in [0.05, 0.1) is 6.33 Å². The summed E-state index contributed by atoms with van der Waals surface area (Å²) < 4.78 is 1.88. The number of carboxylic acids is 1. The number of nitrogens with zero attached hydrogens (tertiary/aromatic N) is 2. The SMILES string of the molecule is CCCC(CC(=O)N[C@H](C)C(=O)O)n1ccnc1. The van der Waals surface area contributed by atoms with E-state index in [0.29, 0.717) is 0 Å². The standard InChI is InChI=1S/C12H19N3O3/c1-3-4-10(15-6-5-13-8-15)7-11(16)14-9(2)12(17)18/h5-6,8-10H,3-4,7H2,1-2H3,(H,14,16)(H,17,18)/t9-,10?/m1/s1. The second-order valence-corrected chi connectivity index (χ2v) is 4.28. The van der Waals surface area contributed by atoms with Crippen LogP contribution >= 0.6 is 0 Å². The topological polar surface area (TPSA) is 84.2 Å². The minimum absolute atomic E-state index is 0.0264. The molecular formula is C12H19N3O3. The second kappa shape index (κ2) is 6.78. The molecular weight excluding hydrogens is 234 g/mol. The van der Waals surface area contributed by atoms with E-state index in [1.807, 2.05) is 17.7 Å². The summed E-state index contributed by atoms with van der Waals surface area (Å²) in [6.45, 7) is 3.49. The second-order valence-electron chi connectivity index (χ2n) is 4.28. The Morgan fingerprint density at radius 1 is 1.50 bits per heavy atom. The first kappa shape index (κ1) is 14.2. The molecule has 1 aromatic heterocycles. The summed E-state index contributed by atoms with van der Waals surface area (Å²) in [5.74, 6) is -1.28. The number of imidazole rings is 1. The van der Waals surface area contributed by atoms with Crippen molar-refractivity contribution < 1.29 is 14.7 Å². The van der Waals surface area contributed by atoms with Crippen LogP contribution in [0.5, 0.6) is 0 Å². The summed E-state index contributed by atoms with van der Waals surface area (Å²) in [6, 6.07) is -0.832. The van der Waals surface area contributed by atoms with Crippen molar-refractivity contribution in [3.63, 3.8) is 0 Å². The number of hydrogen-bond acceptors (Lipinski definition) is 3. The van der Waals surface area contributed by atoms with Crippen LogP contribution in [0, 0.1) is 0 Å². The number of carbonyl (C=O) groups is 2. The largest absolute Gasteiger partial charge is 0.480 e. The first-order valence-electron chi connectivity index (χ1n) is 6.04. The van der Waals surface area contributed by atoms with Crippen molar-refractivity contribution in [3.05, 3.63) is 18.7 Å². The van der Waals surface area contributed by atoms with Crippen LogP contribution in [0.25, 0.3) is 0 Å². The van der Waals surface area contributed by atoms with Crippen molar-refractivity contribution >= 4 is 11.9 Å². The van der Waals surface area contributed by atoms with Gasteiger partial charge in [-0.15, -0.1) is 0 Å². The predicted octanol–water partition coefficient (Wildman–Crippen LogP) is 1.20. The highest BCUT2D eigenvalue weighted by Crippen LogP contribution is 2.17. The van der Waals surface area contributed by atoms with Crippen LogP contribution in [0.2, 0.25) is 0 Å². The number of carboxylic acid groups (broad SMARTS) is 1. The van der Waals surface area contributed by atoms with Crippen molar-refractivity contribution in [1.82, 2.24) is 14.9 Å². The quantitative estimate of drug-likeness (QED) is 0.764. The highest BCUT2D eigenvalue weighted by molar-refractivity contribution is 5.83. The van der Waals surface area contributed by atoms with E-state index in [0.717, 1.165) is 12.8 Å². The zero-order valence-electron chi connectivity index (χ0n) is 10.7. The van der Waals surface area contributed by atoms with E-state index < -0.39 is 12.0 Å². The molecule has 1 unspecified atom stereocenters. The Kier molecular flexibility index (Phi) is 5.35. The Bertz CT molecular complexity index is 389. The highest BCUT2D eigenvalue weighted by atomic mass is 16.4. The van der Waals surface area contributed by atoms with E-state index in [1.54, 1.807) is 12.5 Å². The zero-order chi connectivity index (χ0) is 13.5. The Labute approximate surface area is 106 Å². The van der Waals surface area contributed by atoms with Gasteiger partial charge in [-0.2, -0.15) is 0 Å². The van der Waals surface area contributed by atoms with Gasteiger partial charge in [0, 0.05) is 24.9 Å². The van der Waals surface area contributed by atoms with Crippen molar-refractivity contribution in [2.75, 3.05) is 0 Å². The lowest BCUT2D eigenvalue weighted by Gasteiger charge is -2.18. The van der Waals surface area contributed by atoms with E-state index in [1.165, 1.54) is 6.92 Å². The summed E-state index contributed by atoms with van der Waals surface area (Å²) >= 11 is 0. The maximum atomic E-state index is 11.7. The molecule has 0 aliphatic heterocycles. The van der Waals surface area contributed by atoms with Gasteiger partial charge in [-0.3, -0.25) is 9.59 Å². The van der Waals surface area contributed by atoms with Gasteiger partial charge in [-0.25, -0.2) is 4.98 Å². The molecule has 18 heavy (non-hydrogen) atoms. The molecule has 2 atom stereocenters. The predicted molar refractivity (Wildman–Crippen MR) is 66.0 cm³/mol. The average Bonchev–Trinajstić information content (AvgIpc) is 2.81. The van der Waals surface area contributed by atoms with Crippen molar-refractivity contribution in [2.24, 2.45) is 0 Å². The summed E-state index contributed by atoms with van der Waals surface area (Å²) in [6.07, 6.45) is 7.22. The van der Waals surface area contributed by atoms with E-state index in [2.05, 4.69) is 10.3 Å². The number of nitrogens with one attached hydrogen (secondary N) is 1. The monoisotopic (exact) mass is 253 g/mol. The molecule has 1 rings (SSSR count). The van der Waals surface area contributed by atoms with Crippen molar-refractivity contribution in [1.29, 1.82) is 0 Å². The van der Waals surface area contributed by atoms with E-state index in [9.17, 15) is 9.59 Å². The summed E-state index contributed by atoms with van der Waals surface area (Å²) in [5.41, 5.74) is 0. The van der Waals surface area contributed by atoms with Gasteiger partial charge in [0.25, 0.3) is 0 Å². The molecule has 1 aromatic rings. The minimum Gasteiger partial charge on any atom is -0.480 e. The van der Waals surface area contributed by atoms with E-state index >= 15 is 0 Å². The zero-order valence-corrected chi connectivity index (χ0v) is 10.7. The molecule has 0 saturated heterocycles. The fourth-order valence-electron chi connectivity index (χ4n) is 1.75. The maximum absolute atomic E-state index is 11.7. The summed E-state index contributed by atoms with van der Waals surface area (Å²) in [4.78, 5) is 26.3. The smallest absolute Gasteiger partial charge is 0.325 e. The van der Waals surface area contributed by atoms with E-state index in [-0.39, 0.29) is 18.4 Å². The Morgan fingerprint density at radius 2 is 2.22 bits per heavy atom. The van der Waals surface area contributed by atoms with Crippen molar-refractivity contribution in [3.8, 4) is 0 Å². The molecule has 100 valence electrons. The molecule has 0 aromatic carbocycles. The Morgan fingerprint density at radius 3 is 2.72 bits per heavy atom. The van der Waals surface area contributed by atoms with E-state index in [4.69, 9.17) is 5.11 Å². The lowest BCUT2D eigenvalue weighted by Crippen LogP contribution is -2.39. The van der Waals surface area contributed by atoms with Gasteiger partial charge in [0.1, 0.15) is 6.04 Å². The van der Waals surface area contributed by atoms with Gasteiger partial charge >= 0.3 is 5.97 Å². The third kappa shape index (κ3) is 4.20. The first-order chi connectivity index (χ1) is 8.54. The average molecular weight is 253 g/mol. The maximum Gasteiger partial charge on any atom is 0.325 e. The fourth-order valence-corrected chi connectivity index (χ4v) is 1.75. The molecule has 6 heteroatoms. The van der Waals surface area contributed by atoms with Gasteiger partial charge in [0.2, 0.25) is 5.91 Å². The van der Waals surface area contributed by atoms with Gasteiger partial charge in [0.15, 0.2) is 0 Å². The molecule has 1 amide bonds. The third-order valence-corrected chi connectivity index (χ3v) is 2.74. The molecule has 0 radical (unpaired) electrons. The molecule has 0 spiro atoms. The van der Waals surface area contributed by atoms with Gasteiger partial charge < -0.3 is 15.0 Å². The minimum atomic E-state index is -1.03. The normalized spacial score (nSPS) is 13.9. The van der Waals surface area contributed by atoms with Gasteiger partial charge in [-0.05, 0) is 13.3 Å². The molecule has 2 N–H and O–H groups in total. The van der Waals surface area contributed by atoms with Crippen LogP contribution in [0.4, 0.5) is 0 Å². The van der Waals surface area contributed by atoms with Crippen LogP contribution < -0.4 is 5.32 Å². The van der Waals surface area contributed by atoms with Crippen LogP contribution in [0.3, 0.4) is 0 Å². The lowest BCUT2D eigenvalue weighted by atomic mass is 10.1. The highest BCUT2D eigenvalue weighted by Gasteiger charge is 2.18. The number of rotatable bonds is 7. The molecule has 0 saturated carbocycles. The number of hydrogen-bond donors (Lipinski definition) is 2. The van der Waals surface area contributed by atoms with Gasteiger partial charge in [-0.1, -0.05) is 13.3 Å². The molecule has 0 fully saturated rings. The Hall–Kier alpha value is -1.85. The molecule has 1 heterocycles. The summed E-state index contributed by atoms with van der Waals surface area (Å²) in [7, 11) is 0. The Balaban J connectivity index is 2.56. The molecule has 0 bridgehead atoms. The number of carbonyl (C=O) groups excluding carboxylic acids is 1. The van der Waals surface area contributed by atoms with Crippen LogP contribution in [-0.2, 0) is 9.59 Å². The molecule has 6 nitrogen and oxygen atoms in total. The van der Waals surface area contributed by atoms with Crippen LogP contribution in [0.1, 0.15) is 39.2 Å². The molecule has 0 aliphatic rings. The first-order valence-corrected chi connectivity index (χ1v) is 6.04. The molecule has 0 aliphatic carbocycles. The van der Waals surface area contributed by atoms with Crippen LogP contribution in [-0.4, -0.2) is 32.6 Å². The third-order valence-electron chi connectivity index (χ3n) is 2.74. The number of amides is 1. The fraction of sp³-hybridized carbons (Fsp3) is 0.583. The number of aromatic nitrogens is 2. The van der Waals surface area contributed by atoms with Crippen molar-refractivity contribution in [2.45, 2.75) is 45.2 Å².